The van der Waals surface area contributed by atoms with Crippen molar-refractivity contribution in [3.05, 3.63) is 29.8 Å². The Balaban J connectivity index is 2.13. The third-order valence-corrected chi connectivity index (χ3v) is 3.19. The van der Waals surface area contributed by atoms with Gasteiger partial charge in [0, 0.05) is 12.6 Å². The van der Waals surface area contributed by atoms with Gasteiger partial charge in [0.05, 0.1) is 23.7 Å². The van der Waals surface area contributed by atoms with Crippen molar-refractivity contribution in [2.45, 2.75) is 31.5 Å². The lowest BCUT2D eigenvalue weighted by Crippen LogP contribution is -2.37. The van der Waals surface area contributed by atoms with E-state index in [4.69, 9.17) is 5.26 Å². The van der Waals surface area contributed by atoms with Crippen LogP contribution in [0.1, 0.15) is 24.8 Å². The number of benzene rings is 1. The Morgan fingerprint density at radius 3 is 2.62 bits per heavy atom. The van der Waals surface area contributed by atoms with Crippen molar-refractivity contribution in [2.75, 3.05) is 11.9 Å². The summed E-state index contributed by atoms with van der Waals surface area (Å²) in [6.45, 7) is 0.223. The molecule has 0 heterocycles. The number of urea groups is 1. The fourth-order valence-electron chi connectivity index (χ4n) is 2.03. The quantitative estimate of drug-likeness (QED) is 0.923. The molecule has 1 N–H and O–H groups in total. The maximum Gasteiger partial charge on any atom is 0.418 e. The minimum atomic E-state index is -4.53. The molecular weight excluding hydrogens is 283 g/mol. The summed E-state index contributed by atoms with van der Waals surface area (Å²) >= 11 is 0. The lowest BCUT2D eigenvalue weighted by molar-refractivity contribution is -0.136. The standard InChI is InChI=1S/C14H14F3N3O/c15-14(16,17)11-4-1-2-5-12(11)19-13(21)20(9-3-8-18)10-6-7-10/h1-2,4-5,10H,3,6-7,9H2,(H,19,21). The molecule has 0 radical (unpaired) electrons. The maximum atomic E-state index is 12.9. The van der Waals surface area contributed by atoms with Gasteiger partial charge in [0.25, 0.3) is 0 Å². The lowest BCUT2D eigenvalue weighted by atomic mass is 10.1. The number of anilines is 1. The third kappa shape index (κ3) is 3.88. The lowest BCUT2D eigenvalue weighted by Gasteiger charge is -2.23. The van der Waals surface area contributed by atoms with E-state index in [1.165, 1.54) is 23.1 Å². The number of hydrogen-bond acceptors (Lipinski definition) is 2. The number of carbonyl (C=O) groups excluding carboxylic acids is 1. The van der Waals surface area contributed by atoms with Crippen LogP contribution in [0, 0.1) is 11.3 Å². The number of rotatable bonds is 4. The first-order valence-corrected chi connectivity index (χ1v) is 6.54. The molecular formula is C14H14F3N3O. The van der Waals surface area contributed by atoms with Crippen molar-refractivity contribution in [2.24, 2.45) is 0 Å². The number of amides is 2. The predicted molar refractivity (Wildman–Crippen MR) is 70.4 cm³/mol. The second-order valence-corrected chi connectivity index (χ2v) is 4.81. The summed E-state index contributed by atoms with van der Waals surface area (Å²) in [5.41, 5.74) is -1.15. The normalized spacial score (nSPS) is 14.4. The molecule has 0 aliphatic heterocycles. The van der Waals surface area contributed by atoms with E-state index < -0.39 is 17.8 Å². The van der Waals surface area contributed by atoms with Crippen LogP contribution in [0.25, 0.3) is 0 Å². The molecule has 1 aliphatic rings. The molecule has 0 bridgehead atoms. The molecule has 21 heavy (non-hydrogen) atoms. The largest absolute Gasteiger partial charge is 0.418 e. The van der Waals surface area contributed by atoms with Crippen molar-refractivity contribution in [1.82, 2.24) is 4.90 Å². The molecule has 1 aromatic rings. The van der Waals surface area contributed by atoms with E-state index in [0.29, 0.717) is 0 Å². The number of nitrogens with zero attached hydrogens (tertiary/aromatic N) is 2. The summed E-state index contributed by atoms with van der Waals surface area (Å²) in [7, 11) is 0. The molecule has 112 valence electrons. The molecule has 1 aliphatic carbocycles. The van der Waals surface area contributed by atoms with Crippen LogP contribution < -0.4 is 5.32 Å². The number of halogens is 3. The fourth-order valence-corrected chi connectivity index (χ4v) is 2.03. The summed E-state index contributed by atoms with van der Waals surface area (Å²) in [6.07, 6.45) is -2.73. The van der Waals surface area contributed by atoms with Crippen LogP contribution >= 0.6 is 0 Å². The molecule has 4 nitrogen and oxygen atoms in total. The highest BCUT2D eigenvalue weighted by molar-refractivity contribution is 5.90. The smallest absolute Gasteiger partial charge is 0.321 e. The minimum Gasteiger partial charge on any atom is -0.321 e. The molecule has 1 saturated carbocycles. The predicted octanol–water partition coefficient (Wildman–Crippen LogP) is 3.62. The van der Waals surface area contributed by atoms with Crippen LogP contribution in [-0.2, 0) is 6.18 Å². The highest BCUT2D eigenvalue weighted by Crippen LogP contribution is 2.35. The first-order valence-electron chi connectivity index (χ1n) is 6.54. The zero-order valence-electron chi connectivity index (χ0n) is 11.2. The number of nitrogens with one attached hydrogen (secondary N) is 1. The number of nitriles is 1. The van der Waals surface area contributed by atoms with Gasteiger partial charge in [-0.2, -0.15) is 18.4 Å². The molecule has 0 unspecified atom stereocenters. The van der Waals surface area contributed by atoms with Crippen LogP contribution in [0.2, 0.25) is 0 Å². The Kier molecular flexibility index (Phi) is 4.36. The summed E-state index contributed by atoms with van der Waals surface area (Å²) in [5, 5.41) is 10.9. The van der Waals surface area contributed by atoms with Gasteiger partial charge in [-0.1, -0.05) is 12.1 Å². The average molecular weight is 297 g/mol. The Morgan fingerprint density at radius 1 is 1.38 bits per heavy atom. The van der Waals surface area contributed by atoms with Crippen molar-refractivity contribution in [3.8, 4) is 6.07 Å². The molecule has 0 atom stereocenters. The number of carbonyl (C=O) groups is 1. The van der Waals surface area contributed by atoms with Gasteiger partial charge in [0.1, 0.15) is 0 Å². The molecule has 2 rings (SSSR count). The first-order chi connectivity index (χ1) is 9.93. The van der Waals surface area contributed by atoms with Gasteiger partial charge in [-0.05, 0) is 25.0 Å². The zero-order chi connectivity index (χ0) is 15.5. The van der Waals surface area contributed by atoms with E-state index in [9.17, 15) is 18.0 Å². The molecule has 2 amide bonds. The highest BCUT2D eigenvalue weighted by atomic mass is 19.4. The zero-order valence-corrected chi connectivity index (χ0v) is 11.2. The topological polar surface area (TPSA) is 56.1 Å². The van der Waals surface area contributed by atoms with E-state index in [1.807, 2.05) is 6.07 Å². The van der Waals surface area contributed by atoms with E-state index in [-0.39, 0.29) is 24.7 Å². The summed E-state index contributed by atoms with van der Waals surface area (Å²) in [4.78, 5) is 13.5. The van der Waals surface area contributed by atoms with E-state index >= 15 is 0 Å². The van der Waals surface area contributed by atoms with Crippen molar-refractivity contribution >= 4 is 11.7 Å². The number of alkyl halides is 3. The fraction of sp³-hybridized carbons (Fsp3) is 0.429. The number of hydrogen-bond donors (Lipinski definition) is 1. The van der Waals surface area contributed by atoms with Crippen LogP contribution in [0.3, 0.4) is 0 Å². The van der Waals surface area contributed by atoms with Crippen molar-refractivity contribution < 1.29 is 18.0 Å². The van der Waals surface area contributed by atoms with Gasteiger partial charge in [-0.3, -0.25) is 0 Å². The minimum absolute atomic E-state index is 0.0244. The van der Waals surface area contributed by atoms with Gasteiger partial charge in [0.2, 0.25) is 0 Å². The Bertz CT molecular complexity index is 561. The Morgan fingerprint density at radius 2 is 2.05 bits per heavy atom. The van der Waals surface area contributed by atoms with E-state index in [0.717, 1.165) is 18.9 Å². The second-order valence-electron chi connectivity index (χ2n) is 4.81. The summed E-state index contributed by atoms with van der Waals surface area (Å²) in [5.74, 6) is 0. The van der Waals surface area contributed by atoms with E-state index in [2.05, 4.69) is 5.32 Å². The first kappa shape index (κ1) is 15.2. The van der Waals surface area contributed by atoms with Crippen LogP contribution in [-0.4, -0.2) is 23.5 Å². The maximum absolute atomic E-state index is 12.9. The van der Waals surface area contributed by atoms with Crippen LogP contribution in [0.5, 0.6) is 0 Å². The highest BCUT2D eigenvalue weighted by Gasteiger charge is 2.36. The Hall–Kier alpha value is -2.23. The van der Waals surface area contributed by atoms with Gasteiger partial charge in [-0.15, -0.1) is 0 Å². The SMILES string of the molecule is N#CCCN(C(=O)Nc1ccccc1C(F)(F)F)C1CC1. The average Bonchev–Trinajstić information content (AvgIpc) is 3.23. The number of para-hydroxylation sites is 1. The van der Waals surface area contributed by atoms with Crippen molar-refractivity contribution in [1.29, 1.82) is 5.26 Å². The van der Waals surface area contributed by atoms with Gasteiger partial charge >= 0.3 is 12.2 Å². The monoisotopic (exact) mass is 297 g/mol. The molecule has 7 heteroatoms. The summed E-state index contributed by atoms with van der Waals surface area (Å²) < 4.78 is 38.6. The van der Waals surface area contributed by atoms with Gasteiger partial charge < -0.3 is 10.2 Å². The summed E-state index contributed by atoms with van der Waals surface area (Å²) in [6, 6.07) is 6.21. The third-order valence-electron chi connectivity index (χ3n) is 3.19. The molecule has 1 aromatic carbocycles. The van der Waals surface area contributed by atoms with Gasteiger partial charge in [0.15, 0.2) is 0 Å². The molecule has 0 aromatic heterocycles. The van der Waals surface area contributed by atoms with Crippen LogP contribution in [0.4, 0.5) is 23.7 Å². The van der Waals surface area contributed by atoms with Crippen molar-refractivity contribution in [3.63, 3.8) is 0 Å². The van der Waals surface area contributed by atoms with E-state index in [1.54, 1.807) is 0 Å². The van der Waals surface area contributed by atoms with Gasteiger partial charge in [-0.25, -0.2) is 4.79 Å². The molecule has 0 saturated heterocycles. The second kappa shape index (κ2) is 6.04. The molecule has 0 spiro atoms. The van der Waals surface area contributed by atoms with Crippen LogP contribution in [0.15, 0.2) is 24.3 Å². The Labute approximate surface area is 120 Å². The molecule has 1 fully saturated rings.